The lowest BCUT2D eigenvalue weighted by molar-refractivity contribution is 0.0650. The number of hydrogen-bond acceptors (Lipinski definition) is 4. The Balaban J connectivity index is 1.90. The highest BCUT2D eigenvalue weighted by atomic mass is 32.2. The van der Waals surface area contributed by atoms with Crippen molar-refractivity contribution in [3.8, 4) is 0 Å². The maximum Gasteiger partial charge on any atom is 0.151 e. The third-order valence-corrected chi connectivity index (χ3v) is 6.13. The van der Waals surface area contributed by atoms with Crippen LogP contribution in [0.2, 0.25) is 0 Å². The summed E-state index contributed by atoms with van der Waals surface area (Å²) in [7, 11) is 1.33. The van der Waals surface area contributed by atoms with Crippen LogP contribution in [0.1, 0.15) is 25.7 Å². The van der Waals surface area contributed by atoms with Gasteiger partial charge in [-0.3, -0.25) is 0 Å². The number of rotatable bonds is 5. The molecule has 1 N–H and O–H groups in total. The maximum absolute atomic E-state index is 11.5. The van der Waals surface area contributed by atoms with Crippen LogP contribution < -0.4 is 5.32 Å². The van der Waals surface area contributed by atoms with Crippen molar-refractivity contribution in [2.45, 2.75) is 31.7 Å². The molecule has 0 amide bonds. The zero-order valence-electron chi connectivity index (χ0n) is 10.9. The molecule has 2 aliphatic rings. The van der Waals surface area contributed by atoms with Gasteiger partial charge in [0, 0.05) is 19.1 Å². The summed E-state index contributed by atoms with van der Waals surface area (Å²) in [4.78, 5) is 2.28. The zero-order valence-corrected chi connectivity index (χ0v) is 11.7. The van der Waals surface area contributed by atoms with Gasteiger partial charge in [0.15, 0.2) is 9.84 Å². The van der Waals surface area contributed by atoms with Crippen LogP contribution in [-0.2, 0) is 9.84 Å². The van der Waals surface area contributed by atoms with E-state index in [1.165, 1.54) is 19.3 Å². The highest BCUT2D eigenvalue weighted by molar-refractivity contribution is 7.91. The van der Waals surface area contributed by atoms with Gasteiger partial charge in [-0.05, 0) is 38.8 Å². The van der Waals surface area contributed by atoms with Crippen LogP contribution in [-0.4, -0.2) is 58.1 Å². The third-order valence-electron chi connectivity index (χ3n) is 4.38. The normalized spacial score (nSPS) is 30.4. The maximum atomic E-state index is 11.5. The Morgan fingerprint density at radius 3 is 2.53 bits per heavy atom. The summed E-state index contributed by atoms with van der Waals surface area (Å²) in [6.45, 7) is 2.09. The quantitative estimate of drug-likeness (QED) is 0.782. The standard InChI is InChI=1S/C12H24N2O2S/c1-13-9-12(5-3-6-12)10-14(2)11-4-7-17(15,16)8-11/h11,13H,3-10H2,1-2H3. The highest BCUT2D eigenvalue weighted by Crippen LogP contribution is 2.41. The molecular formula is C12H24N2O2S. The van der Waals surface area contributed by atoms with Crippen molar-refractivity contribution in [2.24, 2.45) is 5.41 Å². The van der Waals surface area contributed by atoms with E-state index in [1.807, 2.05) is 7.05 Å². The fourth-order valence-electron chi connectivity index (χ4n) is 3.22. The van der Waals surface area contributed by atoms with Crippen LogP contribution in [0.4, 0.5) is 0 Å². The van der Waals surface area contributed by atoms with Gasteiger partial charge in [-0.1, -0.05) is 6.42 Å². The second kappa shape index (κ2) is 4.86. The molecule has 1 aliphatic carbocycles. The van der Waals surface area contributed by atoms with Crippen LogP contribution in [0.3, 0.4) is 0 Å². The monoisotopic (exact) mass is 260 g/mol. The number of nitrogens with zero attached hydrogens (tertiary/aromatic N) is 1. The molecule has 0 radical (unpaired) electrons. The molecule has 0 spiro atoms. The van der Waals surface area contributed by atoms with E-state index in [0.29, 0.717) is 16.9 Å². The van der Waals surface area contributed by atoms with Gasteiger partial charge < -0.3 is 10.2 Å². The fraction of sp³-hybridized carbons (Fsp3) is 1.00. The molecule has 2 fully saturated rings. The molecule has 1 saturated heterocycles. The van der Waals surface area contributed by atoms with E-state index in [9.17, 15) is 8.42 Å². The average molecular weight is 260 g/mol. The number of nitrogens with one attached hydrogen (secondary N) is 1. The lowest BCUT2D eigenvalue weighted by Crippen LogP contribution is -2.49. The lowest BCUT2D eigenvalue weighted by atomic mass is 9.68. The van der Waals surface area contributed by atoms with Crippen LogP contribution in [0, 0.1) is 5.41 Å². The predicted octanol–water partition coefficient (Wildman–Crippen LogP) is 0.495. The summed E-state index contributed by atoms with van der Waals surface area (Å²) in [6.07, 6.45) is 4.68. The van der Waals surface area contributed by atoms with Crippen LogP contribution in [0.15, 0.2) is 0 Å². The molecule has 0 aromatic carbocycles. The van der Waals surface area contributed by atoms with Crippen LogP contribution in [0.5, 0.6) is 0 Å². The SMILES string of the molecule is CNCC1(CN(C)C2CCS(=O)(=O)C2)CCC1. The molecule has 100 valence electrons. The molecule has 1 heterocycles. The highest BCUT2D eigenvalue weighted by Gasteiger charge is 2.40. The third kappa shape index (κ3) is 3.01. The van der Waals surface area contributed by atoms with Gasteiger partial charge in [-0.2, -0.15) is 0 Å². The zero-order chi connectivity index (χ0) is 12.5. The summed E-state index contributed by atoms with van der Waals surface area (Å²) >= 11 is 0. The molecule has 2 rings (SSSR count). The summed E-state index contributed by atoms with van der Waals surface area (Å²) in [6, 6.07) is 0.245. The van der Waals surface area contributed by atoms with Crippen molar-refractivity contribution >= 4 is 9.84 Å². The van der Waals surface area contributed by atoms with Gasteiger partial charge in [-0.15, -0.1) is 0 Å². The van der Waals surface area contributed by atoms with Crippen LogP contribution in [0.25, 0.3) is 0 Å². The Bertz CT molecular complexity index is 363. The Labute approximate surface area is 105 Å². The van der Waals surface area contributed by atoms with Crippen LogP contribution >= 0.6 is 0 Å². The summed E-state index contributed by atoms with van der Waals surface area (Å²) < 4.78 is 23.0. The topological polar surface area (TPSA) is 49.4 Å². The average Bonchev–Trinajstić information content (AvgIpc) is 2.56. The summed E-state index contributed by atoms with van der Waals surface area (Å²) in [5, 5.41) is 3.28. The van der Waals surface area contributed by atoms with Gasteiger partial charge >= 0.3 is 0 Å². The Morgan fingerprint density at radius 1 is 1.41 bits per heavy atom. The van der Waals surface area contributed by atoms with E-state index < -0.39 is 9.84 Å². The largest absolute Gasteiger partial charge is 0.319 e. The smallest absolute Gasteiger partial charge is 0.151 e. The van der Waals surface area contributed by atoms with Crippen molar-refractivity contribution in [3.05, 3.63) is 0 Å². The van der Waals surface area contributed by atoms with Gasteiger partial charge in [0.2, 0.25) is 0 Å². The molecule has 0 aromatic heterocycles. The summed E-state index contributed by atoms with van der Waals surface area (Å²) in [5.74, 6) is 0.736. The van der Waals surface area contributed by atoms with Crippen molar-refractivity contribution in [2.75, 3.05) is 38.7 Å². The minimum atomic E-state index is -2.75. The molecular weight excluding hydrogens is 236 g/mol. The van der Waals surface area contributed by atoms with Crippen molar-refractivity contribution in [1.82, 2.24) is 10.2 Å². The number of hydrogen-bond donors (Lipinski definition) is 1. The van der Waals surface area contributed by atoms with Crippen molar-refractivity contribution < 1.29 is 8.42 Å². The first kappa shape index (κ1) is 13.3. The van der Waals surface area contributed by atoms with E-state index in [0.717, 1.165) is 19.5 Å². The molecule has 0 aromatic rings. The molecule has 1 atom stereocenters. The first-order valence-corrected chi connectivity index (χ1v) is 8.34. The number of sulfone groups is 1. The van der Waals surface area contributed by atoms with Gasteiger partial charge in [0.1, 0.15) is 0 Å². The molecule has 1 unspecified atom stereocenters. The van der Waals surface area contributed by atoms with E-state index in [2.05, 4.69) is 17.3 Å². The Kier molecular flexibility index (Phi) is 3.80. The predicted molar refractivity (Wildman–Crippen MR) is 69.9 cm³/mol. The molecule has 1 aliphatic heterocycles. The Hall–Kier alpha value is -0.130. The van der Waals surface area contributed by atoms with Gasteiger partial charge in [-0.25, -0.2) is 8.42 Å². The molecule has 5 heteroatoms. The van der Waals surface area contributed by atoms with Gasteiger partial charge in [0.05, 0.1) is 11.5 Å². The van der Waals surface area contributed by atoms with Crippen molar-refractivity contribution in [1.29, 1.82) is 0 Å². The lowest BCUT2D eigenvalue weighted by Gasteiger charge is -2.45. The minimum absolute atomic E-state index is 0.245. The minimum Gasteiger partial charge on any atom is -0.319 e. The van der Waals surface area contributed by atoms with Gasteiger partial charge in [0.25, 0.3) is 0 Å². The van der Waals surface area contributed by atoms with E-state index >= 15 is 0 Å². The molecule has 4 nitrogen and oxygen atoms in total. The first-order chi connectivity index (χ1) is 7.96. The summed E-state index contributed by atoms with van der Waals surface area (Å²) in [5.41, 5.74) is 0.399. The van der Waals surface area contributed by atoms with Crippen molar-refractivity contribution in [3.63, 3.8) is 0 Å². The first-order valence-electron chi connectivity index (χ1n) is 6.52. The van der Waals surface area contributed by atoms with E-state index in [-0.39, 0.29) is 6.04 Å². The second-order valence-electron chi connectivity index (χ2n) is 5.86. The fourth-order valence-corrected chi connectivity index (χ4v) is 5.03. The molecule has 1 saturated carbocycles. The molecule has 17 heavy (non-hydrogen) atoms. The van der Waals surface area contributed by atoms with E-state index in [4.69, 9.17) is 0 Å². The second-order valence-corrected chi connectivity index (χ2v) is 8.08. The van der Waals surface area contributed by atoms with E-state index in [1.54, 1.807) is 0 Å². The Morgan fingerprint density at radius 2 is 2.12 bits per heavy atom. The molecule has 0 bridgehead atoms.